The highest BCUT2D eigenvalue weighted by molar-refractivity contribution is 6.09. The molecule has 2 fully saturated rings. The van der Waals surface area contributed by atoms with Crippen molar-refractivity contribution in [2.75, 3.05) is 23.3 Å². The molecule has 1 saturated heterocycles. The summed E-state index contributed by atoms with van der Waals surface area (Å²) >= 11 is 0. The highest BCUT2D eigenvalue weighted by atomic mass is 16.5. The van der Waals surface area contributed by atoms with Crippen molar-refractivity contribution < 1.29 is 14.3 Å². The fraction of sp³-hybridized carbons (Fsp3) is 0.391. The normalized spacial score (nSPS) is 24.7. The van der Waals surface area contributed by atoms with Gasteiger partial charge in [0.25, 0.3) is 5.91 Å². The smallest absolute Gasteiger partial charge is 0.261 e. The van der Waals surface area contributed by atoms with E-state index < -0.39 is 0 Å². The molecular weight excluding hydrogens is 408 g/mol. The van der Waals surface area contributed by atoms with E-state index >= 15 is 0 Å². The first-order valence-electron chi connectivity index (χ1n) is 10.8. The first-order valence-corrected chi connectivity index (χ1v) is 10.8. The van der Waals surface area contributed by atoms with E-state index in [-0.39, 0.29) is 35.2 Å². The van der Waals surface area contributed by atoms with Gasteiger partial charge in [-0.15, -0.1) is 0 Å². The monoisotopic (exact) mass is 432 g/mol. The molecule has 2 aromatic heterocycles. The van der Waals surface area contributed by atoms with Gasteiger partial charge >= 0.3 is 0 Å². The molecule has 164 valence electrons. The molecule has 9 heteroatoms. The first-order chi connectivity index (χ1) is 15.3. The lowest BCUT2D eigenvalue weighted by Gasteiger charge is -2.25. The molecule has 3 N–H and O–H groups in total. The van der Waals surface area contributed by atoms with Crippen LogP contribution >= 0.6 is 0 Å². The number of carbonyl (C=O) groups excluding carboxylic acids is 2. The highest BCUT2D eigenvalue weighted by Gasteiger charge is 2.59. The minimum absolute atomic E-state index is 0.0289. The third kappa shape index (κ3) is 2.91. The number of hydrogen-bond acceptors (Lipinski definition) is 6. The number of primary amides is 1. The molecule has 2 aliphatic heterocycles. The Hall–Kier alpha value is -3.62. The fourth-order valence-electron chi connectivity index (χ4n) is 5.32. The number of piperidine rings is 1. The van der Waals surface area contributed by atoms with Crippen molar-refractivity contribution in [2.24, 2.45) is 23.5 Å². The van der Waals surface area contributed by atoms with Crippen molar-refractivity contribution in [3.05, 3.63) is 47.9 Å². The van der Waals surface area contributed by atoms with Gasteiger partial charge in [0.2, 0.25) is 5.91 Å². The van der Waals surface area contributed by atoms with Crippen LogP contribution < -0.4 is 20.7 Å². The van der Waals surface area contributed by atoms with Crippen molar-refractivity contribution in [1.82, 2.24) is 14.6 Å². The Morgan fingerprint density at radius 2 is 2.03 bits per heavy atom. The minimum atomic E-state index is -0.293. The molecular formula is C23H24N6O3. The van der Waals surface area contributed by atoms with E-state index in [1.165, 1.54) is 6.20 Å². The van der Waals surface area contributed by atoms with Crippen molar-refractivity contribution in [3.8, 4) is 5.75 Å². The van der Waals surface area contributed by atoms with Crippen molar-refractivity contribution in [1.29, 1.82) is 0 Å². The number of nitrogens with zero attached hydrogens (tertiary/aromatic N) is 4. The van der Waals surface area contributed by atoms with Gasteiger partial charge in [-0.25, -0.2) is 9.50 Å². The standard InChI is InChI=1S/C23H24N6O3/c1-23(2)8-12-6-16(27-22(31)13-9-26-29-5-3-4-25-21(13)29)17(7-18(12)32-23)28-10-14-15(11-28)19(14)20(24)30/h3-7,9,14-15,19H,8,10-11H2,1-2H3,(H2,24,30)(H,27,31)/t14-,15?,19+/m1/s1. The van der Waals surface area contributed by atoms with E-state index in [0.717, 1.165) is 42.2 Å². The number of anilines is 2. The lowest BCUT2D eigenvalue weighted by molar-refractivity contribution is -0.119. The molecule has 3 aliphatic rings. The lowest BCUT2D eigenvalue weighted by Crippen LogP contribution is -2.29. The molecule has 32 heavy (non-hydrogen) atoms. The Bertz CT molecular complexity index is 1270. The zero-order chi connectivity index (χ0) is 22.2. The molecule has 4 heterocycles. The number of aromatic nitrogens is 3. The van der Waals surface area contributed by atoms with Crippen LogP contribution in [0.15, 0.2) is 36.8 Å². The number of nitrogens with one attached hydrogen (secondary N) is 1. The summed E-state index contributed by atoms with van der Waals surface area (Å²) in [5.41, 5.74) is 8.83. The van der Waals surface area contributed by atoms with E-state index in [1.54, 1.807) is 23.0 Å². The number of amides is 2. The van der Waals surface area contributed by atoms with E-state index in [2.05, 4.69) is 34.1 Å². The van der Waals surface area contributed by atoms with Gasteiger partial charge in [0.15, 0.2) is 5.65 Å². The lowest BCUT2D eigenvalue weighted by atomic mass is 10.0. The minimum Gasteiger partial charge on any atom is -0.487 e. The number of ether oxygens (including phenoxy) is 1. The number of fused-ring (bicyclic) bond motifs is 3. The molecule has 1 unspecified atom stereocenters. The average Bonchev–Trinajstić information content (AvgIpc) is 3.07. The Balaban J connectivity index is 1.34. The maximum absolute atomic E-state index is 13.2. The molecule has 1 aromatic carbocycles. The van der Waals surface area contributed by atoms with Crippen LogP contribution in [0.2, 0.25) is 0 Å². The second kappa shape index (κ2) is 6.44. The summed E-state index contributed by atoms with van der Waals surface area (Å²) in [4.78, 5) is 31.3. The maximum atomic E-state index is 13.2. The Morgan fingerprint density at radius 1 is 1.25 bits per heavy atom. The zero-order valence-corrected chi connectivity index (χ0v) is 17.9. The van der Waals surface area contributed by atoms with Crippen LogP contribution in [-0.4, -0.2) is 45.1 Å². The molecule has 3 atom stereocenters. The SMILES string of the molecule is CC1(C)Cc2cc(NC(=O)c3cnn4cccnc34)c(N3CC4[C@@H](C3)[C@@H]4C(N)=O)cc2O1. The topological polar surface area (TPSA) is 115 Å². The molecule has 3 aromatic rings. The number of hydrogen-bond donors (Lipinski definition) is 2. The van der Waals surface area contributed by atoms with Crippen molar-refractivity contribution in [3.63, 3.8) is 0 Å². The maximum Gasteiger partial charge on any atom is 0.261 e. The molecule has 9 nitrogen and oxygen atoms in total. The summed E-state index contributed by atoms with van der Waals surface area (Å²) in [7, 11) is 0. The number of benzene rings is 1. The van der Waals surface area contributed by atoms with E-state index in [4.69, 9.17) is 10.5 Å². The third-order valence-electron chi connectivity index (χ3n) is 6.82. The van der Waals surface area contributed by atoms with Crippen molar-refractivity contribution in [2.45, 2.75) is 25.9 Å². The van der Waals surface area contributed by atoms with Gasteiger partial charge in [0.05, 0.1) is 17.6 Å². The zero-order valence-electron chi connectivity index (χ0n) is 17.9. The molecule has 0 bridgehead atoms. The van der Waals surface area contributed by atoms with Gasteiger partial charge in [0, 0.05) is 49.5 Å². The van der Waals surface area contributed by atoms with Crippen LogP contribution in [-0.2, 0) is 11.2 Å². The van der Waals surface area contributed by atoms with Crippen LogP contribution in [0.4, 0.5) is 11.4 Å². The van der Waals surface area contributed by atoms with Crippen LogP contribution in [0.3, 0.4) is 0 Å². The van der Waals surface area contributed by atoms with Gasteiger partial charge in [-0.05, 0) is 37.8 Å². The second-order valence-electron chi connectivity index (χ2n) is 9.58. The van der Waals surface area contributed by atoms with E-state index in [1.807, 2.05) is 12.1 Å². The molecule has 2 amide bonds. The van der Waals surface area contributed by atoms with Crippen LogP contribution in [0.5, 0.6) is 5.75 Å². The summed E-state index contributed by atoms with van der Waals surface area (Å²) in [6.07, 6.45) is 5.68. The molecule has 1 saturated carbocycles. The van der Waals surface area contributed by atoms with Gasteiger partial charge in [-0.3, -0.25) is 9.59 Å². The molecule has 1 aliphatic carbocycles. The third-order valence-corrected chi connectivity index (χ3v) is 6.82. The predicted octanol–water partition coefficient (Wildman–Crippen LogP) is 1.86. The fourth-order valence-corrected chi connectivity index (χ4v) is 5.32. The summed E-state index contributed by atoms with van der Waals surface area (Å²) in [6.45, 7) is 5.58. The number of nitrogens with two attached hydrogens (primary N) is 1. The van der Waals surface area contributed by atoms with Crippen molar-refractivity contribution >= 4 is 28.8 Å². The van der Waals surface area contributed by atoms with E-state index in [0.29, 0.717) is 11.2 Å². The average molecular weight is 432 g/mol. The summed E-state index contributed by atoms with van der Waals surface area (Å²) in [6, 6.07) is 5.78. The highest BCUT2D eigenvalue weighted by Crippen LogP contribution is 2.54. The van der Waals surface area contributed by atoms with E-state index in [9.17, 15) is 9.59 Å². The van der Waals surface area contributed by atoms with Crippen LogP contribution in [0.1, 0.15) is 29.8 Å². The van der Waals surface area contributed by atoms with Crippen LogP contribution in [0.25, 0.3) is 5.65 Å². The quantitative estimate of drug-likeness (QED) is 0.650. The summed E-state index contributed by atoms with van der Waals surface area (Å²) in [5, 5.41) is 7.30. The summed E-state index contributed by atoms with van der Waals surface area (Å²) in [5.74, 6) is 0.896. The molecule has 0 spiro atoms. The van der Waals surface area contributed by atoms with Crippen LogP contribution in [0, 0.1) is 17.8 Å². The summed E-state index contributed by atoms with van der Waals surface area (Å²) < 4.78 is 7.72. The predicted molar refractivity (Wildman–Crippen MR) is 118 cm³/mol. The number of rotatable bonds is 4. The molecule has 0 radical (unpaired) electrons. The first kappa shape index (κ1) is 19.1. The second-order valence-corrected chi connectivity index (χ2v) is 9.58. The Morgan fingerprint density at radius 3 is 2.78 bits per heavy atom. The van der Waals surface area contributed by atoms with Gasteiger partial charge in [-0.2, -0.15) is 5.10 Å². The molecule has 6 rings (SSSR count). The van der Waals surface area contributed by atoms with Gasteiger partial charge in [-0.1, -0.05) is 0 Å². The largest absolute Gasteiger partial charge is 0.487 e. The number of carbonyl (C=O) groups is 2. The Labute approximate surface area is 184 Å². The van der Waals surface area contributed by atoms with Gasteiger partial charge < -0.3 is 20.7 Å². The van der Waals surface area contributed by atoms with Gasteiger partial charge in [0.1, 0.15) is 16.9 Å². The Kier molecular flexibility index (Phi) is 3.84.